The summed E-state index contributed by atoms with van der Waals surface area (Å²) in [4.78, 5) is 35.0. The van der Waals surface area contributed by atoms with Crippen molar-refractivity contribution < 1.29 is 24.6 Å². The monoisotopic (exact) mass is 333 g/mol. The molecule has 128 valence electrons. The van der Waals surface area contributed by atoms with Gasteiger partial charge in [-0.25, -0.2) is 4.79 Å². The summed E-state index contributed by atoms with van der Waals surface area (Å²) in [7, 11) is 0. The van der Waals surface area contributed by atoms with Gasteiger partial charge in [0.25, 0.3) is 0 Å². The average Bonchev–Trinajstić information content (AvgIpc) is 3.15. The maximum absolute atomic E-state index is 12.2. The minimum atomic E-state index is -1.77. The lowest BCUT2D eigenvalue weighted by Crippen LogP contribution is -2.63. The van der Waals surface area contributed by atoms with Gasteiger partial charge in [-0.1, -0.05) is 18.2 Å². The number of carbonyl (C=O) groups is 3. The molecule has 24 heavy (non-hydrogen) atoms. The Balaban J connectivity index is 1.72. The molecule has 3 rings (SSSR count). The molecule has 0 heterocycles. The van der Waals surface area contributed by atoms with E-state index in [2.05, 4.69) is 10.6 Å². The maximum Gasteiger partial charge on any atom is 0.326 e. The highest BCUT2D eigenvalue weighted by Gasteiger charge is 2.74. The lowest BCUT2D eigenvalue weighted by Gasteiger charge is -2.31. The Kier molecular flexibility index (Phi) is 3.71. The molecule has 8 heteroatoms. The molecule has 6 N–H and O–H groups in total. The summed E-state index contributed by atoms with van der Waals surface area (Å²) in [5, 5.41) is 23.9. The Morgan fingerprint density at radius 3 is 2.50 bits per heavy atom. The molecule has 0 unspecified atom stereocenters. The normalized spacial score (nSPS) is 33.4. The summed E-state index contributed by atoms with van der Waals surface area (Å²) < 4.78 is 0. The highest BCUT2D eigenvalue weighted by Crippen LogP contribution is 2.61. The van der Waals surface area contributed by atoms with Gasteiger partial charge in [-0.15, -0.1) is 0 Å². The average molecular weight is 333 g/mol. The van der Waals surface area contributed by atoms with Crippen molar-refractivity contribution in [1.29, 1.82) is 0 Å². The molecule has 0 spiro atoms. The summed E-state index contributed by atoms with van der Waals surface area (Å²) in [6, 6.07) is 5.80. The van der Waals surface area contributed by atoms with E-state index in [0.29, 0.717) is 5.69 Å². The second-order valence-corrected chi connectivity index (χ2v) is 6.49. The molecule has 1 aromatic rings. The number of carboxylic acids is 2. The van der Waals surface area contributed by atoms with Crippen LogP contribution in [0.1, 0.15) is 12.0 Å². The van der Waals surface area contributed by atoms with E-state index in [4.69, 9.17) is 10.8 Å². The topological polar surface area (TPSA) is 142 Å². The Hall–Kier alpha value is -2.61. The van der Waals surface area contributed by atoms with Crippen LogP contribution in [0.25, 0.3) is 0 Å². The summed E-state index contributed by atoms with van der Waals surface area (Å²) in [5.74, 6) is -4.05. The molecule has 2 aliphatic carbocycles. The van der Waals surface area contributed by atoms with Gasteiger partial charge in [0.2, 0.25) is 0 Å². The number of para-hydroxylation sites is 1. The Morgan fingerprint density at radius 1 is 1.25 bits per heavy atom. The quantitative estimate of drug-likeness (QED) is 0.547. The number of fused-ring (bicyclic) bond motifs is 1. The molecular formula is C16H19N3O5. The van der Waals surface area contributed by atoms with Gasteiger partial charge >= 0.3 is 18.0 Å². The predicted octanol–water partition coefficient (Wildman–Crippen LogP) is 0.618. The first-order valence-corrected chi connectivity index (χ1v) is 7.65. The molecule has 0 radical (unpaired) electrons. The number of anilines is 1. The van der Waals surface area contributed by atoms with Crippen molar-refractivity contribution in [1.82, 2.24) is 5.32 Å². The zero-order valence-corrected chi connectivity index (χ0v) is 13.0. The Labute approximate surface area is 138 Å². The zero-order chi connectivity index (χ0) is 17.6. The van der Waals surface area contributed by atoms with Crippen molar-refractivity contribution in [2.75, 3.05) is 5.32 Å². The third-order valence-electron chi connectivity index (χ3n) is 5.16. The second-order valence-electron chi connectivity index (χ2n) is 6.49. The third kappa shape index (κ3) is 2.39. The van der Waals surface area contributed by atoms with Crippen LogP contribution in [0.4, 0.5) is 10.5 Å². The number of hydrogen-bond acceptors (Lipinski definition) is 4. The number of amides is 2. The SMILES string of the molecule is Cc1ccccc1NC(=O)N[C@@H]1C[C@H]2[C@H](C(=O)O)[C@H]2[C@]1(N)C(=O)O. The van der Waals surface area contributed by atoms with Gasteiger partial charge in [0, 0.05) is 11.6 Å². The fourth-order valence-electron chi connectivity index (χ4n) is 3.85. The molecule has 2 amide bonds. The molecule has 0 aliphatic heterocycles. The van der Waals surface area contributed by atoms with Gasteiger partial charge in [-0.3, -0.25) is 9.59 Å². The first kappa shape index (κ1) is 16.3. The second kappa shape index (κ2) is 5.48. The molecule has 8 nitrogen and oxygen atoms in total. The van der Waals surface area contributed by atoms with Crippen LogP contribution in [0.2, 0.25) is 0 Å². The van der Waals surface area contributed by atoms with Gasteiger partial charge in [0.1, 0.15) is 5.54 Å². The number of nitrogens with one attached hydrogen (secondary N) is 2. The van der Waals surface area contributed by atoms with E-state index in [0.717, 1.165) is 5.56 Å². The van der Waals surface area contributed by atoms with Gasteiger partial charge in [0.15, 0.2) is 0 Å². The van der Waals surface area contributed by atoms with Crippen LogP contribution >= 0.6 is 0 Å². The fraction of sp³-hybridized carbons (Fsp3) is 0.438. The number of aryl methyl sites for hydroxylation is 1. The van der Waals surface area contributed by atoms with E-state index in [-0.39, 0.29) is 12.3 Å². The van der Waals surface area contributed by atoms with Gasteiger partial charge < -0.3 is 26.6 Å². The Morgan fingerprint density at radius 2 is 1.92 bits per heavy atom. The summed E-state index contributed by atoms with van der Waals surface area (Å²) >= 11 is 0. The molecule has 0 saturated heterocycles. The van der Waals surface area contributed by atoms with Crippen LogP contribution < -0.4 is 16.4 Å². The molecule has 5 atom stereocenters. The first-order chi connectivity index (χ1) is 11.3. The largest absolute Gasteiger partial charge is 0.481 e. The van der Waals surface area contributed by atoms with Crippen molar-refractivity contribution >= 4 is 23.7 Å². The number of hydrogen-bond donors (Lipinski definition) is 5. The van der Waals surface area contributed by atoms with Crippen molar-refractivity contribution in [2.45, 2.75) is 24.9 Å². The van der Waals surface area contributed by atoms with Crippen molar-refractivity contribution in [3.63, 3.8) is 0 Å². The predicted molar refractivity (Wildman–Crippen MR) is 84.4 cm³/mol. The lowest BCUT2D eigenvalue weighted by atomic mass is 9.87. The Bertz CT molecular complexity index is 721. The summed E-state index contributed by atoms with van der Waals surface area (Å²) in [6.45, 7) is 1.84. The first-order valence-electron chi connectivity index (χ1n) is 7.65. The molecule has 2 fully saturated rings. The van der Waals surface area contributed by atoms with Crippen LogP contribution in [-0.4, -0.2) is 39.8 Å². The number of urea groups is 1. The highest BCUT2D eigenvalue weighted by molar-refractivity contribution is 5.92. The third-order valence-corrected chi connectivity index (χ3v) is 5.16. The number of nitrogens with two attached hydrogens (primary N) is 1. The van der Waals surface area contributed by atoms with E-state index < -0.39 is 41.4 Å². The highest BCUT2D eigenvalue weighted by atomic mass is 16.4. The standard InChI is InChI=1S/C16H19N3O5/c1-7-4-2-3-5-9(7)18-15(24)19-10-6-8-11(13(20)21)12(8)16(10,17)14(22)23/h2-5,8,10-12H,6,17H2,1H3,(H,20,21)(H,22,23)(H2,18,19,24)/t8-,10+,11-,12-,16-/m0/s1. The fourth-order valence-corrected chi connectivity index (χ4v) is 3.85. The van der Waals surface area contributed by atoms with E-state index in [9.17, 15) is 19.5 Å². The number of carbonyl (C=O) groups excluding carboxylic acids is 1. The van der Waals surface area contributed by atoms with Gasteiger partial charge in [0.05, 0.1) is 12.0 Å². The minimum Gasteiger partial charge on any atom is -0.481 e. The summed E-state index contributed by atoms with van der Waals surface area (Å²) in [6.07, 6.45) is 0.242. The van der Waals surface area contributed by atoms with Gasteiger partial charge in [-0.2, -0.15) is 0 Å². The molecule has 0 bridgehead atoms. The van der Waals surface area contributed by atoms with Crippen LogP contribution in [0.3, 0.4) is 0 Å². The van der Waals surface area contributed by atoms with Crippen LogP contribution in [-0.2, 0) is 9.59 Å². The minimum absolute atomic E-state index is 0.242. The molecule has 0 aromatic heterocycles. The van der Waals surface area contributed by atoms with Crippen molar-refractivity contribution in [3.8, 4) is 0 Å². The molecular weight excluding hydrogens is 314 g/mol. The summed E-state index contributed by atoms with van der Waals surface area (Å²) in [5.41, 5.74) is 5.74. The number of rotatable bonds is 4. The van der Waals surface area contributed by atoms with Gasteiger partial charge in [-0.05, 0) is 30.9 Å². The molecule has 1 aromatic carbocycles. The van der Waals surface area contributed by atoms with Crippen LogP contribution in [0.15, 0.2) is 24.3 Å². The smallest absolute Gasteiger partial charge is 0.326 e. The van der Waals surface area contributed by atoms with Crippen molar-refractivity contribution in [3.05, 3.63) is 29.8 Å². The molecule has 2 saturated carbocycles. The van der Waals surface area contributed by atoms with E-state index in [1.54, 1.807) is 12.1 Å². The van der Waals surface area contributed by atoms with Crippen LogP contribution in [0.5, 0.6) is 0 Å². The van der Waals surface area contributed by atoms with E-state index in [1.807, 2.05) is 19.1 Å². The number of carboxylic acid groups (broad SMARTS) is 2. The van der Waals surface area contributed by atoms with Crippen molar-refractivity contribution in [2.24, 2.45) is 23.5 Å². The van der Waals surface area contributed by atoms with Crippen LogP contribution in [0, 0.1) is 24.7 Å². The van der Waals surface area contributed by atoms with E-state index >= 15 is 0 Å². The lowest BCUT2D eigenvalue weighted by molar-refractivity contribution is -0.146. The zero-order valence-electron chi connectivity index (χ0n) is 13.0. The number of aliphatic carboxylic acids is 2. The maximum atomic E-state index is 12.2. The molecule has 2 aliphatic rings. The number of benzene rings is 1. The van der Waals surface area contributed by atoms with E-state index in [1.165, 1.54) is 0 Å².